The Labute approximate surface area is 269 Å². The Morgan fingerprint density at radius 1 is 0.889 bits per heavy atom. The zero-order valence-electron chi connectivity index (χ0n) is 27.7. The maximum absolute atomic E-state index is 12.5. The molecule has 45 heavy (non-hydrogen) atoms. The molecule has 0 bridgehead atoms. The van der Waals surface area contributed by atoms with Gasteiger partial charge >= 0.3 is 6.09 Å². The second-order valence-electron chi connectivity index (χ2n) is 15.8. The van der Waals surface area contributed by atoms with Crippen molar-refractivity contribution in [2.75, 3.05) is 19.8 Å². The molecule has 1 unspecified atom stereocenters. The molecule has 0 heterocycles. The number of carbonyl (C=O) groups excluding carboxylic acids is 1. The summed E-state index contributed by atoms with van der Waals surface area (Å²) in [4.78, 5) is 18.4. The maximum Gasteiger partial charge on any atom is 0.407 e. The van der Waals surface area contributed by atoms with Gasteiger partial charge in [0.25, 0.3) is 0 Å². The largest absolute Gasteiger partial charge is 0.449 e. The van der Waals surface area contributed by atoms with Crippen molar-refractivity contribution in [1.29, 1.82) is 0 Å². The Balaban J connectivity index is 0.881. The van der Waals surface area contributed by atoms with Crippen LogP contribution in [0.25, 0.3) is 11.1 Å². The zero-order valence-corrected chi connectivity index (χ0v) is 27.7. The minimum atomic E-state index is -0.387. The lowest BCUT2D eigenvalue weighted by molar-refractivity contribution is -0.131. The number of fused-ring (bicyclic) bond motifs is 8. The fourth-order valence-electron chi connectivity index (χ4n) is 11.1. The molecule has 7 atom stereocenters. The molecule has 6 nitrogen and oxygen atoms in total. The maximum atomic E-state index is 12.5. The molecule has 7 rings (SSSR count). The van der Waals surface area contributed by atoms with Crippen LogP contribution < -0.4 is 5.32 Å². The highest BCUT2D eigenvalue weighted by atomic mass is 16.6. The average molecular weight is 613 g/mol. The predicted molar refractivity (Wildman–Crippen MR) is 178 cm³/mol. The van der Waals surface area contributed by atoms with E-state index < -0.39 is 0 Å². The highest BCUT2D eigenvalue weighted by Gasteiger charge is 2.62. The van der Waals surface area contributed by atoms with E-state index in [0.29, 0.717) is 43.4 Å². The van der Waals surface area contributed by atoms with E-state index in [4.69, 9.17) is 14.7 Å². The third-order valence-corrected chi connectivity index (χ3v) is 13.5. The molecule has 1 amide bonds. The summed E-state index contributed by atoms with van der Waals surface area (Å²) in [6.07, 6.45) is 9.53. The second-order valence-corrected chi connectivity index (χ2v) is 15.8. The van der Waals surface area contributed by atoms with E-state index in [1.807, 2.05) is 12.1 Å². The normalized spacial score (nSPS) is 35.5. The molecule has 2 aromatic rings. The first kappa shape index (κ1) is 30.8. The molecule has 6 heteroatoms. The van der Waals surface area contributed by atoms with E-state index in [2.05, 4.69) is 69.4 Å². The van der Waals surface area contributed by atoms with Gasteiger partial charge in [0.2, 0.25) is 0 Å². The van der Waals surface area contributed by atoms with Crippen LogP contribution in [0.3, 0.4) is 0 Å². The van der Waals surface area contributed by atoms with Crippen LogP contribution in [0.4, 0.5) is 4.79 Å². The summed E-state index contributed by atoms with van der Waals surface area (Å²) in [5.41, 5.74) is 6.55. The van der Waals surface area contributed by atoms with Crippen LogP contribution in [0.2, 0.25) is 0 Å². The molecule has 4 fully saturated rings. The van der Waals surface area contributed by atoms with Gasteiger partial charge in [-0.15, -0.1) is 0 Å². The van der Waals surface area contributed by atoms with E-state index in [-0.39, 0.29) is 28.9 Å². The first-order valence-electron chi connectivity index (χ1n) is 17.6. The van der Waals surface area contributed by atoms with Crippen LogP contribution in [0, 0.1) is 39.9 Å². The number of nitrogens with zero attached hydrogens (tertiary/aromatic N) is 1. The quantitative estimate of drug-likeness (QED) is 0.243. The van der Waals surface area contributed by atoms with Gasteiger partial charge in [-0.25, -0.2) is 4.79 Å². The number of carbonyl (C=O) groups is 1. The lowest BCUT2D eigenvalue weighted by Crippen LogP contribution is -2.58. The highest BCUT2D eigenvalue weighted by Crippen LogP contribution is 2.68. The molecular weight excluding hydrogens is 560 g/mol. The van der Waals surface area contributed by atoms with Gasteiger partial charge in [-0.3, -0.25) is 0 Å². The molecule has 0 spiro atoms. The van der Waals surface area contributed by atoms with Gasteiger partial charge in [0.05, 0.1) is 11.8 Å². The summed E-state index contributed by atoms with van der Waals surface area (Å²) in [7, 11) is 0. The Bertz CT molecular complexity index is 1410. The van der Waals surface area contributed by atoms with Crippen molar-refractivity contribution in [2.45, 2.75) is 97.5 Å². The third kappa shape index (κ3) is 5.10. The Morgan fingerprint density at radius 3 is 2.31 bits per heavy atom. The molecule has 242 valence electrons. The van der Waals surface area contributed by atoms with Crippen molar-refractivity contribution >= 4 is 11.8 Å². The molecule has 0 saturated heterocycles. The fourth-order valence-corrected chi connectivity index (χ4v) is 11.1. The van der Waals surface area contributed by atoms with Gasteiger partial charge in [-0.1, -0.05) is 81.4 Å². The van der Waals surface area contributed by atoms with Crippen molar-refractivity contribution < 1.29 is 19.5 Å². The number of hydrogen-bond acceptors (Lipinski definition) is 5. The molecule has 5 aliphatic carbocycles. The van der Waals surface area contributed by atoms with E-state index in [1.165, 1.54) is 66.5 Å². The van der Waals surface area contributed by atoms with Gasteiger partial charge in [0, 0.05) is 24.3 Å². The van der Waals surface area contributed by atoms with Gasteiger partial charge < -0.3 is 20.0 Å². The van der Waals surface area contributed by atoms with Gasteiger partial charge in [-0.2, -0.15) is 0 Å². The zero-order chi connectivity index (χ0) is 31.4. The number of amides is 1. The number of benzene rings is 2. The summed E-state index contributed by atoms with van der Waals surface area (Å²) in [5, 5.41) is 18.4. The summed E-state index contributed by atoms with van der Waals surface area (Å²) < 4.78 is 5.67. The number of ether oxygens (including phenoxy) is 1. The van der Waals surface area contributed by atoms with Gasteiger partial charge in [0.1, 0.15) is 13.2 Å². The standard InChI is InChI=1S/C39H52N2O4/c1-37(2)33-16-14-29-31-15-17-35(42)39(31,4)20-18-32(29)38(33,3)21-19-34(37)41-45-23-9-22-40-36(43)44-24-30-27-12-7-5-10-25(27)26-11-6-8-13-28(26)30/h5-8,10-13,29-33,35,42H,9,14-24H2,1-4H3,(H,40,43)/b41-34+/t29-,31-,32-,33?,35-,38+,39-/m0/s1. The SMILES string of the molecule is CC1(C)/C(=N/OCCCNC(=O)OCC2c3ccccc3-c3ccccc32)CC[C@@]2(C)C1CC[C@H]1[C@@H]3CC[C@H](O)[C@@]3(C)CC[C@@H]12. The lowest BCUT2D eigenvalue weighted by atomic mass is 9.41. The molecule has 5 aliphatic rings. The number of oxime groups is 1. The summed E-state index contributed by atoms with van der Waals surface area (Å²) in [6.45, 7) is 11.0. The summed E-state index contributed by atoms with van der Waals surface area (Å²) >= 11 is 0. The highest BCUT2D eigenvalue weighted by molar-refractivity contribution is 5.90. The fraction of sp³-hybridized carbons (Fsp3) is 0.641. The average Bonchev–Trinajstić information content (AvgIpc) is 3.52. The van der Waals surface area contributed by atoms with Crippen LogP contribution in [0.15, 0.2) is 53.7 Å². The third-order valence-electron chi connectivity index (χ3n) is 13.5. The van der Waals surface area contributed by atoms with E-state index >= 15 is 0 Å². The minimum absolute atomic E-state index is 0.00738. The number of nitrogens with one attached hydrogen (secondary N) is 1. The van der Waals surface area contributed by atoms with E-state index in [9.17, 15) is 9.90 Å². The van der Waals surface area contributed by atoms with Crippen LogP contribution in [-0.2, 0) is 9.57 Å². The van der Waals surface area contributed by atoms with Crippen molar-refractivity contribution in [2.24, 2.45) is 45.1 Å². The van der Waals surface area contributed by atoms with Crippen LogP contribution in [0.1, 0.15) is 103 Å². The van der Waals surface area contributed by atoms with E-state index in [1.54, 1.807) is 0 Å². The van der Waals surface area contributed by atoms with Gasteiger partial charge in [0.15, 0.2) is 0 Å². The number of alkyl carbamates (subject to hydrolysis) is 1. The van der Waals surface area contributed by atoms with Crippen molar-refractivity contribution in [3.63, 3.8) is 0 Å². The topological polar surface area (TPSA) is 80.2 Å². The first-order chi connectivity index (χ1) is 21.6. The molecule has 0 radical (unpaired) electrons. The van der Waals surface area contributed by atoms with E-state index in [0.717, 1.165) is 24.7 Å². The van der Waals surface area contributed by atoms with Crippen LogP contribution in [-0.4, -0.2) is 42.8 Å². The monoisotopic (exact) mass is 612 g/mol. The Hall–Kier alpha value is -2.86. The molecular formula is C39H52N2O4. The second kappa shape index (κ2) is 11.7. The molecule has 2 N–H and O–H groups in total. The van der Waals surface area contributed by atoms with Crippen molar-refractivity contribution in [3.8, 4) is 11.1 Å². The number of hydrogen-bond donors (Lipinski definition) is 2. The summed E-state index contributed by atoms with van der Waals surface area (Å²) in [5.74, 6) is 2.87. The molecule has 4 saturated carbocycles. The predicted octanol–water partition coefficient (Wildman–Crippen LogP) is 8.33. The number of rotatable bonds is 7. The molecule has 0 aliphatic heterocycles. The first-order valence-corrected chi connectivity index (χ1v) is 17.6. The molecule has 2 aromatic carbocycles. The number of aliphatic hydroxyl groups excluding tert-OH is 1. The van der Waals surface area contributed by atoms with Crippen LogP contribution in [0.5, 0.6) is 0 Å². The lowest BCUT2D eigenvalue weighted by Gasteiger charge is -2.63. The smallest absolute Gasteiger partial charge is 0.407 e. The summed E-state index contributed by atoms with van der Waals surface area (Å²) in [6, 6.07) is 16.8. The molecule has 0 aromatic heterocycles. The van der Waals surface area contributed by atoms with Crippen LogP contribution >= 0.6 is 0 Å². The Kier molecular flexibility index (Phi) is 8.03. The van der Waals surface area contributed by atoms with Crippen molar-refractivity contribution in [1.82, 2.24) is 5.32 Å². The van der Waals surface area contributed by atoms with Crippen molar-refractivity contribution in [3.05, 3.63) is 59.7 Å². The Morgan fingerprint density at radius 2 is 1.58 bits per heavy atom. The number of aliphatic hydroxyl groups is 1. The minimum Gasteiger partial charge on any atom is -0.449 e. The van der Waals surface area contributed by atoms with Gasteiger partial charge in [-0.05, 0) is 108 Å².